The van der Waals surface area contributed by atoms with Crippen LogP contribution in [0.3, 0.4) is 0 Å². The van der Waals surface area contributed by atoms with Crippen LogP contribution in [0.15, 0.2) is 58.3 Å². The Kier molecular flexibility index (Phi) is 8.66. The van der Waals surface area contributed by atoms with Gasteiger partial charge in [0, 0.05) is 0 Å². The molecule has 0 saturated carbocycles. The van der Waals surface area contributed by atoms with Crippen molar-refractivity contribution in [2.45, 2.75) is 23.6 Å². The van der Waals surface area contributed by atoms with E-state index in [1.165, 1.54) is 0 Å². The fraction of sp³-hybridized carbons (Fsp3) is 0.143. The van der Waals surface area contributed by atoms with Gasteiger partial charge in [-0.15, -0.1) is 0 Å². The molecule has 0 unspecified atom stereocenters. The molecule has 0 fully saturated rings. The quantitative estimate of drug-likeness (QED) is 0.784. The van der Waals surface area contributed by atoms with E-state index >= 15 is 0 Å². The van der Waals surface area contributed by atoms with Crippen LogP contribution < -0.4 is 29.6 Å². The smallest absolute Gasteiger partial charge is 0.590 e. The van der Waals surface area contributed by atoms with Crippen molar-refractivity contribution < 1.29 is 38.0 Å². The Morgan fingerprint density at radius 1 is 0.750 bits per heavy atom. The summed E-state index contributed by atoms with van der Waals surface area (Å²) in [7, 11) is -3.37. The molecule has 3 nitrogen and oxygen atoms in total. The molecule has 2 rings (SSSR count). The van der Waals surface area contributed by atoms with Crippen LogP contribution in [0.5, 0.6) is 0 Å². The van der Waals surface area contributed by atoms with E-state index in [1.54, 1.807) is 48.5 Å². The zero-order chi connectivity index (χ0) is 14.5. The molecule has 0 spiro atoms. The van der Waals surface area contributed by atoms with E-state index in [9.17, 15) is 8.42 Å². The van der Waals surface area contributed by atoms with Crippen LogP contribution in [0.4, 0.5) is 0 Å². The second-order valence-corrected chi connectivity index (χ2v) is 6.08. The summed E-state index contributed by atoms with van der Waals surface area (Å²) in [6.45, 7) is 3.87. The molecule has 0 amide bonds. The van der Waals surface area contributed by atoms with Crippen LogP contribution in [0, 0.1) is 13.8 Å². The molecule has 2 aromatic carbocycles. The average Bonchev–Trinajstić information content (AvgIpc) is 2.42. The summed E-state index contributed by atoms with van der Waals surface area (Å²) < 4.78 is 24.5. The van der Waals surface area contributed by atoms with E-state index in [0.717, 1.165) is 11.1 Å². The van der Waals surface area contributed by atoms with Gasteiger partial charge in [-0.25, -0.2) is 8.42 Å². The summed E-state index contributed by atoms with van der Waals surface area (Å²) in [4.78, 5) is 0.680. The second-order valence-electron chi connectivity index (χ2n) is 4.13. The van der Waals surface area contributed by atoms with E-state index < -0.39 is 9.84 Å². The number of rotatable bonds is 2. The van der Waals surface area contributed by atoms with Crippen LogP contribution in [-0.2, 0) is 9.84 Å². The molecular weight excluding hydrogens is 305 g/mol. The fourth-order valence-electron chi connectivity index (χ4n) is 1.57. The fourth-order valence-corrected chi connectivity index (χ4v) is 2.83. The van der Waals surface area contributed by atoms with Gasteiger partial charge in [-0.3, -0.25) is 11.8 Å². The Hall–Kier alpha value is -0.360. The monoisotopic (exact) mass is 319 g/mol. The van der Waals surface area contributed by atoms with Crippen LogP contribution in [-0.4, -0.2) is 8.42 Å². The third-order valence-electron chi connectivity index (χ3n) is 2.66. The zero-order valence-corrected chi connectivity index (χ0v) is 15.3. The number of sulfone groups is 1. The Labute approximate surface area is 147 Å². The minimum atomic E-state index is -3.37. The number of aryl methyl sites for hydroxylation is 2. The Bertz CT molecular complexity index is 574. The Morgan fingerprint density at radius 2 is 1.00 bits per heavy atom. The summed E-state index contributed by atoms with van der Waals surface area (Å²) in [5.74, 6) is 0. The third kappa shape index (κ3) is 4.88. The number of hydrogen-bond donors (Lipinski definition) is 0. The maximum Gasteiger partial charge on any atom is 1.00 e. The average molecular weight is 320 g/mol. The molecular formula is C14H15ClNNaO2S. The van der Waals surface area contributed by atoms with Crippen molar-refractivity contribution in [3.05, 3.63) is 64.9 Å². The number of nitrogens with one attached hydrogen (secondary N) is 1. The summed E-state index contributed by atoms with van der Waals surface area (Å²) >= 11 is 3.89. The molecule has 0 radical (unpaired) electrons. The summed E-state index contributed by atoms with van der Waals surface area (Å²) in [6.07, 6.45) is 0. The van der Waals surface area contributed by atoms with Gasteiger partial charge in [0.2, 0.25) is 9.84 Å². The predicted molar refractivity (Wildman–Crippen MR) is 78.0 cm³/mol. The van der Waals surface area contributed by atoms with Gasteiger partial charge in [0.05, 0.1) is 9.79 Å². The molecule has 0 aliphatic carbocycles. The van der Waals surface area contributed by atoms with E-state index in [-0.39, 0.29) is 29.6 Å². The van der Waals surface area contributed by atoms with Crippen molar-refractivity contribution in [1.82, 2.24) is 0 Å². The molecule has 6 heteroatoms. The van der Waals surface area contributed by atoms with Crippen molar-refractivity contribution in [3.8, 4) is 0 Å². The van der Waals surface area contributed by atoms with Gasteiger partial charge in [-0.2, -0.15) is 0 Å². The van der Waals surface area contributed by atoms with E-state index in [0.29, 0.717) is 9.79 Å². The zero-order valence-electron chi connectivity index (χ0n) is 11.7. The standard InChI is InChI=1S/C14H14O2S.ClHN.Na/c1-11-3-7-13(8-4-11)17(15,16)14-9-5-12(2)6-10-14;1-2;/h3-10H,1-2H3;2H;/q;-1;+1. The normalized spacial score (nSPS) is 10.0. The maximum atomic E-state index is 12.3. The van der Waals surface area contributed by atoms with Crippen molar-refractivity contribution in [1.29, 1.82) is 0 Å². The van der Waals surface area contributed by atoms with E-state index in [4.69, 9.17) is 5.25 Å². The minimum absolute atomic E-state index is 0. The summed E-state index contributed by atoms with van der Waals surface area (Å²) in [6, 6.07) is 13.8. The van der Waals surface area contributed by atoms with Gasteiger partial charge in [0.1, 0.15) is 0 Å². The molecule has 0 aromatic heterocycles. The first-order valence-electron chi connectivity index (χ1n) is 5.57. The first-order chi connectivity index (χ1) is 9.00. The SMILES string of the molecule is Cc1ccc(S(=O)(=O)c2ccc(C)cc2)cc1.[NH-]Cl.[Na+]. The topological polar surface area (TPSA) is 57.9 Å². The molecule has 0 heterocycles. The molecule has 0 saturated heterocycles. The Morgan fingerprint density at radius 3 is 1.25 bits per heavy atom. The van der Waals surface area contributed by atoms with Gasteiger partial charge in [-0.05, 0) is 38.1 Å². The molecule has 1 N–H and O–H groups in total. The van der Waals surface area contributed by atoms with E-state index in [2.05, 4.69) is 11.8 Å². The molecule has 0 aliphatic rings. The van der Waals surface area contributed by atoms with Crippen molar-refractivity contribution in [2.75, 3.05) is 0 Å². The van der Waals surface area contributed by atoms with Crippen molar-refractivity contribution in [3.63, 3.8) is 0 Å². The van der Waals surface area contributed by atoms with Gasteiger partial charge in [0.15, 0.2) is 0 Å². The third-order valence-corrected chi connectivity index (χ3v) is 4.45. The minimum Gasteiger partial charge on any atom is -0.590 e. The molecule has 0 atom stereocenters. The molecule has 2 aromatic rings. The first kappa shape index (κ1) is 19.6. The van der Waals surface area contributed by atoms with Crippen LogP contribution in [0.1, 0.15) is 11.1 Å². The number of benzene rings is 2. The number of hydrogen-bond acceptors (Lipinski definition) is 2. The van der Waals surface area contributed by atoms with Gasteiger partial charge in [-0.1, -0.05) is 35.4 Å². The molecule has 20 heavy (non-hydrogen) atoms. The maximum absolute atomic E-state index is 12.3. The summed E-state index contributed by atoms with van der Waals surface area (Å²) in [5, 5.41) is 5.22. The van der Waals surface area contributed by atoms with Gasteiger partial charge >= 0.3 is 29.6 Å². The molecule has 0 aliphatic heterocycles. The van der Waals surface area contributed by atoms with Crippen LogP contribution >= 0.6 is 11.8 Å². The Balaban J connectivity index is 0.00000115. The van der Waals surface area contributed by atoms with Crippen LogP contribution in [0.2, 0.25) is 0 Å². The van der Waals surface area contributed by atoms with Gasteiger partial charge < -0.3 is 5.25 Å². The van der Waals surface area contributed by atoms with E-state index in [1.807, 2.05) is 13.8 Å². The first-order valence-corrected chi connectivity index (χ1v) is 7.43. The van der Waals surface area contributed by atoms with Gasteiger partial charge in [0.25, 0.3) is 0 Å². The molecule has 0 bridgehead atoms. The number of halogens is 1. The predicted octanol–water partition coefficient (Wildman–Crippen LogP) is 1.33. The van der Waals surface area contributed by atoms with Crippen LogP contribution in [0.25, 0.3) is 5.25 Å². The van der Waals surface area contributed by atoms with Crippen molar-refractivity contribution >= 4 is 21.6 Å². The largest absolute Gasteiger partial charge is 1.00 e. The molecule has 102 valence electrons. The second kappa shape index (κ2) is 8.82. The summed E-state index contributed by atoms with van der Waals surface area (Å²) in [5.41, 5.74) is 2.10. The van der Waals surface area contributed by atoms with Crippen molar-refractivity contribution in [2.24, 2.45) is 0 Å².